The molecular weight excluding hydrogens is 174 g/mol. The Morgan fingerprint density at radius 1 is 1.22 bits per heavy atom. The molecule has 0 rings (SSSR count). The summed E-state index contributed by atoms with van der Waals surface area (Å²) in [5, 5.41) is 0. The highest BCUT2D eigenvalue weighted by molar-refractivity contribution is 8.07. The number of hydrogen-bond donors (Lipinski definition) is 0. The average Bonchev–Trinajstić information content (AvgIpc) is 1.59. The van der Waals surface area contributed by atoms with E-state index in [2.05, 4.69) is 11.6 Å². The van der Waals surface area contributed by atoms with Gasteiger partial charge in [-0.15, -0.1) is 0 Å². The van der Waals surface area contributed by atoms with E-state index in [9.17, 15) is 0 Å². The van der Waals surface area contributed by atoms with Crippen LogP contribution in [0.25, 0.3) is 0 Å². The van der Waals surface area contributed by atoms with Gasteiger partial charge in [0.1, 0.15) is 0 Å². The maximum Gasteiger partial charge on any atom is 0.162 e. The molecule has 0 aromatic carbocycles. The van der Waals surface area contributed by atoms with E-state index in [-0.39, 0.29) is 5.41 Å². The summed E-state index contributed by atoms with van der Waals surface area (Å²) in [6.07, 6.45) is 0. The fourth-order valence-corrected chi connectivity index (χ4v) is 0.883. The molecule has 0 aromatic rings. The molecule has 0 aliphatic rings. The van der Waals surface area contributed by atoms with Gasteiger partial charge in [0.2, 0.25) is 0 Å². The molecule has 0 unspecified atom stereocenters. The van der Waals surface area contributed by atoms with Gasteiger partial charge < -0.3 is 0 Å². The molecule has 0 saturated carbocycles. The molecule has 0 heterocycles. The Morgan fingerprint density at radius 3 is 1.78 bits per heavy atom. The van der Waals surface area contributed by atoms with Crippen LogP contribution in [0.3, 0.4) is 0 Å². The second-order valence-electron chi connectivity index (χ2n) is 2.72. The molecule has 9 heavy (non-hydrogen) atoms. The van der Waals surface area contributed by atoms with Gasteiger partial charge >= 0.3 is 0 Å². The van der Waals surface area contributed by atoms with Gasteiger partial charge in [-0.05, 0) is 26.4 Å². The summed E-state index contributed by atoms with van der Waals surface area (Å²) >= 11 is 10.9. The smallest absolute Gasteiger partial charge is 0.0902 e. The zero-order valence-electron chi connectivity index (χ0n) is 5.70. The second kappa shape index (κ2) is 3.67. The van der Waals surface area contributed by atoms with E-state index in [0.29, 0.717) is 0 Å². The normalized spacial score (nSPS) is 10.9. The van der Waals surface area contributed by atoms with E-state index >= 15 is 0 Å². The molecule has 0 aromatic heterocycles. The van der Waals surface area contributed by atoms with Crippen molar-refractivity contribution in [3.8, 4) is 11.6 Å². The summed E-state index contributed by atoms with van der Waals surface area (Å²) in [4.78, 5) is 0. The minimum atomic E-state index is -1.08. The van der Waals surface area contributed by atoms with Crippen LogP contribution in [0, 0.1) is 17.0 Å². The lowest BCUT2D eigenvalue weighted by molar-refractivity contribution is 0.571. The first-order valence-corrected chi connectivity index (χ1v) is 5.71. The van der Waals surface area contributed by atoms with Crippen molar-refractivity contribution < 1.29 is 0 Å². The summed E-state index contributed by atoms with van der Waals surface area (Å²) in [5.41, 5.74) is 2.75. The molecule has 0 N–H and O–H groups in total. The summed E-state index contributed by atoms with van der Waals surface area (Å²) in [6.45, 7) is 4.98. The quantitative estimate of drug-likeness (QED) is 0.396. The third-order valence-electron chi connectivity index (χ3n) is 0.515. The van der Waals surface area contributed by atoms with Gasteiger partial charge in [-0.2, -0.15) is 0 Å². The molecule has 0 fully saturated rings. The zero-order chi connectivity index (χ0) is 7.49. The summed E-state index contributed by atoms with van der Waals surface area (Å²) in [7, 11) is 0. The van der Waals surface area contributed by atoms with Gasteiger partial charge in [0, 0.05) is 5.41 Å². The van der Waals surface area contributed by atoms with Crippen LogP contribution in [-0.4, -0.2) is 0 Å². The van der Waals surface area contributed by atoms with Crippen molar-refractivity contribution in [2.24, 2.45) is 5.41 Å². The molecule has 0 atom stereocenters. The Labute approximate surface area is 67.3 Å². The largest absolute Gasteiger partial charge is 0.162 e. The summed E-state index contributed by atoms with van der Waals surface area (Å²) in [6, 6.07) is 0. The predicted octanol–water partition coefficient (Wildman–Crippen LogP) is 3.78. The number of halogens is 2. The van der Waals surface area contributed by atoms with Gasteiger partial charge in [0.05, 0.1) is 0 Å². The Bertz CT molecular complexity index is 135. The van der Waals surface area contributed by atoms with Crippen molar-refractivity contribution in [3.05, 3.63) is 0 Å². The standard InChI is InChI=1S/C6H9Cl2P/c1-6(2,3)4-5-9(7)8/h1-3H3. The Balaban J connectivity index is 3.88. The molecule has 0 aliphatic heterocycles. The number of rotatable bonds is 0. The van der Waals surface area contributed by atoms with Crippen LogP contribution in [-0.2, 0) is 0 Å². The van der Waals surface area contributed by atoms with Crippen LogP contribution in [0.4, 0.5) is 0 Å². The highest BCUT2D eigenvalue weighted by Gasteiger charge is 2.03. The van der Waals surface area contributed by atoms with Gasteiger partial charge in [-0.3, -0.25) is 0 Å². The molecule has 0 saturated heterocycles. The Morgan fingerprint density at radius 2 is 1.67 bits per heavy atom. The van der Waals surface area contributed by atoms with E-state index in [1.54, 1.807) is 0 Å². The Kier molecular flexibility index (Phi) is 3.90. The van der Waals surface area contributed by atoms with Crippen molar-refractivity contribution >= 4 is 29.1 Å². The molecule has 0 nitrogen and oxygen atoms in total. The first kappa shape index (κ1) is 9.57. The monoisotopic (exact) mass is 182 g/mol. The molecule has 0 spiro atoms. The van der Waals surface area contributed by atoms with Crippen molar-refractivity contribution in [3.63, 3.8) is 0 Å². The van der Waals surface area contributed by atoms with Gasteiger partial charge in [0.25, 0.3) is 0 Å². The van der Waals surface area contributed by atoms with Crippen LogP contribution in [0.1, 0.15) is 20.8 Å². The maximum absolute atomic E-state index is 5.44. The van der Waals surface area contributed by atoms with Crippen LogP contribution < -0.4 is 0 Å². The molecule has 3 heteroatoms. The van der Waals surface area contributed by atoms with E-state index in [4.69, 9.17) is 22.5 Å². The third-order valence-corrected chi connectivity index (χ3v) is 1.30. The SMILES string of the molecule is CC(C)(C)C#CP(Cl)Cl. The molecule has 0 bridgehead atoms. The molecule has 0 aliphatic carbocycles. The molecule has 0 radical (unpaired) electrons. The van der Waals surface area contributed by atoms with Gasteiger partial charge in [-0.25, -0.2) is 0 Å². The lowest BCUT2D eigenvalue weighted by atomic mass is 9.99. The average molecular weight is 183 g/mol. The van der Waals surface area contributed by atoms with Crippen molar-refractivity contribution in [2.45, 2.75) is 20.8 Å². The van der Waals surface area contributed by atoms with Crippen molar-refractivity contribution in [1.82, 2.24) is 0 Å². The Hall–Kier alpha value is 0.570. The maximum atomic E-state index is 5.44. The summed E-state index contributed by atoms with van der Waals surface area (Å²) in [5.74, 6) is 2.94. The van der Waals surface area contributed by atoms with Gasteiger partial charge in [0.15, 0.2) is 6.63 Å². The highest BCUT2D eigenvalue weighted by atomic mass is 35.9. The van der Waals surface area contributed by atoms with E-state index < -0.39 is 6.63 Å². The zero-order valence-corrected chi connectivity index (χ0v) is 8.11. The van der Waals surface area contributed by atoms with Crippen LogP contribution in [0.15, 0.2) is 0 Å². The van der Waals surface area contributed by atoms with Crippen LogP contribution >= 0.6 is 29.1 Å². The fourth-order valence-electron chi connectivity index (χ4n) is 0.210. The lowest BCUT2D eigenvalue weighted by Crippen LogP contribution is -1.98. The fraction of sp³-hybridized carbons (Fsp3) is 0.667. The molecule has 52 valence electrons. The minimum Gasteiger partial charge on any atom is -0.0902 e. The number of hydrogen-bond acceptors (Lipinski definition) is 0. The van der Waals surface area contributed by atoms with Crippen molar-refractivity contribution in [1.29, 1.82) is 0 Å². The first-order valence-electron chi connectivity index (χ1n) is 2.56. The van der Waals surface area contributed by atoms with Crippen LogP contribution in [0.5, 0.6) is 0 Å². The van der Waals surface area contributed by atoms with Gasteiger partial charge in [-0.1, -0.05) is 28.4 Å². The van der Waals surface area contributed by atoms with E-state index in [1.807, 2.05) is 20.8 Å². The van der Waals surface area contributed by atoms with E-state index in [0.717, 1.165) is 0 Å². The predicted molar refractivity (Wildman–Crippen MR) is 45.9 cm³/mol. The second-order valence-corrected chi connectivity index (χ2v) is 5.96. The van der Waals surface area contributed by atoms with Crippen molar-refractivity contribution in [2.75, 3.05) is 0 Å². The summed E-state index contributed by atoms with van der Waals surface area (Å²) < 4.78 is 0. The third kappa shape index (κ3) is 8.57. The molecular formula is C6H9Cl2P. The minimum absolute atomic E-state index is 0.0182. The molecule has 0 amide bonds. The topological polar surface area (TPSA) is 0 Å². The highest BCUT2D eigenvalue weighted by Crippen LogP contribution is 2.45. The first-order chi connectivity index (χ1) is 3.92. The van der Waals surface area contributed by atoms with Crippen LogP contribution in [0.2, 0.25) is 0 Å². The van der Waals surface area contributed by atoms with E-state index in [1.165, 1.54) is 0 Å². The lowest BCUT2D eigenvalue weighted by Gasteiger charge is -2.06.